The summed E-state index contributed by atoms with van der Waals surface area (Å²) in [4.78, 5) is 27.3. The molecule has 0 saturated heterocycles. The van der Waals surface area contributed by atoms with Gasteiger partial charge >= 0.3 is 12.2 Å². The molecule has 0 aromatic carbocycles. The van der Waals surface area contributed by atoms with E-state index in [9.17, 15) is 14.7 Å². The maximum Gasteiger partial charge on any atom is 0.412 e. The van der Waals surface area contributed by atoms with E-state index in [4.69, 9.17) is 4.74 Å². The van der Waals surface area contributed by atoms with Crippen molar-refractivity contribution >= 4 is 67.7 Å². The zero-order valence-electron chi connectivity index (χ0n) is 17.8. The summed E-state index contributed by atoms with van der Waals surface area (Å²) in [5.74, 6) is 0. The van der Waals surface area contributed by atoms with Gasteiger partial charge in [0, 0.05) is 27.8 Å². The normalized spacial score (nSPS) is 12.5. The number of amides is 2. The first-order chi connectivity index (χ1) is 14.6. The second-order valence-corrected chi connectivity index (χ2v) is 10.9. The Morgan fingerprint density at radius 2 is 2.16 bits per heavy atom. The third-order valence-electron chi connectivity index (χ3n) is 4.24. The summed E-state index contributed by atoms with van der Waals surface area (Å²) in [5, 5.41) is 15.2. The molecule has 166 valence electrons. The molecular formula is C21H25N3O4S3. The number of ether oxygens (including phenoxy) is 1. The van der Waals surface area contributed by atoms with Gasteiger partial charge in [-0.2, -0.15) is 4.37 Å². The molecule has 10 heteroatoms. The monoisotopic (exact) mass is 479 g/mol. The van der Waals surface area contributed by atoms with Crippen LogP contribution in [0, 0.1) is 0 Å². The van der Waals surface area contributed by atoms with Crippen molar-refractivity contribution in [2.24, 2.45) is 0 Å². The molecule has 0 radical (unpaired) electrons. The van der Waals surface area contributed by atoms with Crippen LogP contribution in [0.2, 0.25) is 0 Å². The molecule has 0 aliphatic rings. The van der Waals surface area contributed by atoms with E-state index in [1.807, 2.05) is 45.2 Å². The van der Waals surface area contributed by atoms with Crippen LogP contribution in [-0.4, -0.2) is 33.3 Å². The van der Waals surface area contributed by atoms with Crippen molar-refractivity contribution in [2.75, 3.05) is 4.90 Å². The van der Waals surface area contributed by atoms with Crippen LogP contribution >= 0.6 is 34.2 Å². The highest BCUT2D eigenvalue weighted by molar-refractivity contribution is 7.25. The number of carbonyl (C=O) groups excluding carboxylic acids is 1. The van der Waals surface area contributed by atoms with Gasteiger partial charge in [0.1, 0.15) is 16.1 Å². The molecule has 0 aliphatic carbocycles. The average molecular weight is 480 g/mol. The minimum absolute atomic E-state index is 0.176. The number of nitrogens with one attached hydrogen (secondary N) is 1. The number of fused-ring (bicyclic) bond motifs is 1. The van der Waals surface area contributed by atoms with Crippen LogP contribution in [-0.2, 0) is 17.7 Å². The van der Waals surface area contributed by atoms with Gasteiger partial charge in [-0.25, -0.2) is 9.59 Å². The minimum Gasteiger partial charge on any atom is -0.465 e. The molecule has 3 aromatic rings. The van der Waals surface area contributed by atoms with Crippen LogP contribution in [0.4, 0.5) is 14.6 Å². The van der Waals surface area contributed by atoms with Gasteiger partial charge in [0.15, 0.2) is 0 Å². The summed E-state index contributed by atoms with van der Waals surface area (Å²) in [6.07, 6.45) is 0.810. The molecule has 7 nitrogen and oxygen atoms in total. The van der Waals surface area contributed by atoms with Gasteiger partial charge in [0.2, 0.25) is 0 Å². The molecule has 3 aromatic heterocycles. The molecule has 2 N–H and O–H groups in total. The van der Waals surface area contributed by atoms with Crippen LogP contribution in [0.5, 0.6) is 0 Å². The van der Waals surface area contributed by atoms with E-state index < -0.39 is 17.8 Å². The third kappa shape index (κ3) is 5.63. The molecular weight excluding hydrogens is 454 g/mol. The number of thiophene rings is 2. The maximum atomic E-state index is 12.1. The first kappa shape index (κ1) is 23.2. The molecule has 3 rings (SSSR count). The lowest BCUT2D eigenvalue weighted by Crippen LogP contribution is -2.38. The molecule has 3 heterocycles. The van der Waals surface area contributed by atoms with Crippen LogP contribution in [0.3, 0.4) is 0 Å². The fourth-order valence-electron chi connectivity index (χ4n) is 3.00. The largest absolute Gasteiger partial charge is 0.465 e. The number of rotatable bonds is 7. The summed E-state index contributed by atoms with van der Waals surface area (Å²) >= 11 is 4.18. The van der Waals surface area contributed by atoms with Crippen LogP contribution in [0.1, 0.15) is 43.0 Å². The van der Waals surface area contributed by atoms with Crippen LogP contribution in [0.15, 0.2) is 24.1 Å². The van der Waals surface area contributed by atoms with E-state index in [1.165, 1.54) is 39.1 Å². The summed E-state index contributed by atoms with van der Waals surface area (Å²) in [7, 11) is 0. The van der Waals surface area contributed by atoms with E-state index in [0.717, 1.165) is 25.5 Å². The Morgan fingerprint density at radius 1 is 1.42 bits per heavy atom. The van der Waals surface area contributed by atoms with Crippen molar-refractivity contribution in [3.63, 3.8) is 0 Å². The molecule has 0 bridgehead atoms. The van der Waals surface area contributed by atoms with Gasteiger partial charge in [-0.05, 0) is 50.7 Å². The van der Waals surface area contributed by atoms with E-state index in [2.05, 4.69) is 16.3 Å². The van der Waals surface area contributed by atoms with Gasteiger partial charge in [0.05, 0.1) is 11.2 Å². The first-order valence-electron chi connectivity index (χ1n) is 9.65. The zero-order chi connectivity index (χ0) is 22.8. The van der Waals surface area contributed by atoms with Crippen molar-refractivity contribution in [1.29, 1.82) is 0 Å². The second-order valence-electron chi connectivity index (χ2n) is 8.01. The predicted molar refractivity (Wildman–Crippen MR) is 129 cm³/mol. The van der Waals surface area contributed by atoms with Crippen molar-refractivity contribution in [3.8, 4) is 0 Å². The summed E-state index contributed by atoms with van der Waals surface area (Å²) in [5.41, 5.74) is 1.06. The minimum atomic E-state index is -1.02. The first-order valence-corrected chi connectivity index (χ1v) is 12.1. The summed E-state index contributed by atoms with van der Waals surface area (Å²) < 4.78 is 10.7. The molecule has 1 atom stereocenters. The predicted octanol–water partition coefficient (Wildman–Crippen LogP) is 6.20. The van der Waals surface area contributed by atoms with E-state index >= 15 is 0 Å². The average Bonchev–Trinajstić information content (AvgIpc) is 3.34. The van der Waals surface area contributed by atoms with Crippen molar-refractivity contribution in [2.45, 2.75) is 52.3 Å². The number of hydrogen-bond acceptors (Lipinski definition) is 7. The lowest BCUT2D eigenvalue weighted by Gasteiger charge is -2.21. The number of aromatic nitrogens is 1. The Labute approximate surface area is 193 Å². The fraction of sp³-hybridized carbons (Fsp3) is 0.381. The third-order valence-corrected chi connectivity index (χ3v) is 7.33. The van der Waals surface area contributed by atoms with E-state index in [-0.39, 0.29) is 12.6 Å². The molecule has 0 saturated carbocycles. The van der Waals surface area contributed by atoms with Crippen molar-refractivity contribution in [3.05, 3.63) is 39.4 Å². The highest BCUT2D eigenvalue weighted by atomic mass is 32.1. The lowest BCUT2D eigenvalue weighted by atomic mass is 10.1. The number of carboxylic acid groups (broad SMARTS) is 1. The summed E-state index contributed by atoms with van der Waals surface area (Å²) in [6.45, 7) is 11.5. The number of alkyl carbamates (subject to hydrolysis) is 1. The van der Waals surface area contributed by atoms with Gasteiger partial charge in [-0.1, -0.05) is 18.7 Å². The topological polar surface area (TPSA) is 91.8 Å². The van der Waals surface area contributed by atoms with Crippen molar-refractivity contribution < 1.29 is 19.4 Å². The Kier molecular flexibility index (Phi) is 7.03. The standard InChI is InChI=1S/C21H25N3O4S3/c1-6-14-15(10-12(2)22-19(25)28-21(3,4)5)30-17-16(14)23-31-18(17)24(20(26)27)11-13-8-7-9-29-13/h6-9,12H,1,10-11H2,2-5H3,(H,22,25)(H,26,27). The Hall–Kier alpha value is -2.43. The highest BCUT2D eigenvalue weighted by Crippen LogP contribution is 2.42. The number of anilines is 1. The molecule has 0 fully saturated rings. The zero-order valence-corrected chi connectivity index (χ0v) is 20.2. The summed E-state index contributed by atoms with van der Waals surface area (Å²) in [6, 6.07) is 3.64. The Bertz CT molecular complexity index is 1080. The lowest BCUT2D eigenvalue weighted by molar-refractivity contribution is 0.0508. The Balaban J connectivity index is 1.85. The van der Waals surface area contributed by atoms with E-state index in [1.54, 1.807) is 6.08 Å². The van der Waals surface area contributed by atoms with E-state index in [0.29, 0.717) is 11.4 Å². The number of hydrogen-bond donors (Lipinski definition) is 2. The van der Waals surface area contributed by atoms with Gasteiger partial charge in [-0.15, -0.1) is 22.7 Å². The van der Waals surface area contributed by atoms with Crippen LogP contribution < -0.4 is 10.2 Å². The molecule has 0 aliphatic heterocycles. The number of nitrogens with zero attached hydrogens (tertiary/aromatic N) is 2. The smallest absolute Gasteiger partial charge is 0.412 e. The maximum absolute atomic E-state index is 12.1. The Morgan fingerprint density at radius 3 is 2.74 bits per heavy atom. The van der Waals surface area contributed by atoms with Crippen LogP contribution in [0.25, 0.3) is 16.3 Å². The highest BCUT2D eigenvalue weighted by Gasteiger charge is 2.26. The number of carbonyl (C=O) groups is 2. The van der Waals surface area contributed by atoms with Gasteiger partial charge in [-0.3, -0.25) is 4.90 Å². The quantitative estimate of drug-likeness (QED) is 0.421. The molecule has 31 heavy (non-hydrogen) atoms. The molecule has 0 spiro atoms. The second kappa shape index (κ2) is 9.37. The molecule has 2 amide bonds. The molecule has 1 unspecified atom stereocenters. The van der Waals surface area contributed by atoms with Crippen molar-refractivity contribution in [1.82, 2.24) is 9.69 Å². The van der Waals surface area contributed by atoms with Gasteiger partial charge < -0.3 is 15.2 Å². The fourth-order valence-corrected chi connectivity index (χ4v) is 6.10. The SMILES string of the molecule is C=Cc1c(CC(C)NC(=O)OC(C)(C)C)sc2c(N(Cc3cccs3)C(=O)O)snc12. The van der Waals surface area contributed by atoms with Gasteiger partial charge in [0.25, 0.3) is 0 Å².